The van der Waals surface area contributed by atoms with Crippen molar-refractivity contribution in [3.8, 4) is 0 Å². The first kappa shape index (κ1) is 17.3. The average Bonchev–Trinajstić information content (AvgIpc) is 3.11. The molecule has 10 heteroatoms. The Hall–Kier alpha value is -3.17. The number of carbonyl (C=O) groups excluding carboxylic acids is 1. The molecule has 1 fully saturated rings. The highest BCUT2D eigenvalue weighted by Gasteiger charge is 2.28. The van der Waals surface area contributed by atoms with Crippen molar-refractivity contribution in [2.24, 2.45) is 0 Å². The molecule has 8 nitrogen and oxygen atoms in total. The third-order valence-electron chi connectivity index (χ3n) is 4.62. The van der Waals surface area contributed by atoms with E-state index in [1.54, 1.807) is 4.68 Å². The monoisotopic (exact) mass is 373 g/mol. The van der Waals surface area contributed by atoms with E-state index in [0.29, 0.717) is 49.7 Å². The van der Waals surface area contributed by atoms with E-state index < -0.39 is 23.1 Å². The number of aryl methyl sites for hydroxylation is 1. The topological polar surface area (TPSA) is 80.0 Å². The summed E-state index contributed by atoms with van der Waals surface area (Å²) in [5, 5.41) is 8.22. The second-order valence-corrected chi connectivity index (χ2v) is 6.15. The summed E-state index contributed by atoms with van der Waals surface area (Å²) in [6, 6.07) is 3.41. The highest BCUT2D eigenvalue weighted by atomic mass is 19.1. The number of hydrogen-bond acceptors (Lipinski definition) is 6. The zero-order valence-corrected chi connectivity index (χ0v) is 14.6. The summed E-state index contributed by atoms with van der Waals surface area (Å²) in [5.74, 6) is -1.70. The Morgan fingerprint density at radius 1 is 1.11 bits per heavy atom. The quantitative estimate of drug-likeness (QED) is 0.692. The molecule has 0 unspecified atom stereocenters. The molecular formula is C17H17F2N7O. The number of carbonyl (C=O) groups is 1. The third-order valence-corrected chi connectivity index (χ3v) is 4.62. The molecule has 0 radical (unpaired) electrons. The van der Waals surface area contributed by atoms with Gasteiger partial charge in [-0.25, -0.2) is 23.4 Å². The van der Waals surface area contributed by atoms with Crippen molar-refractivity contribution in [2.45, 2.75) is 13.5 Å². The molecule has 4 rings (SSSR count). The predicted molar refractivity (Wildman–Crippen MR) is 93.3 cm³/mol. The maximum Gasteiger partial charge on any atom is 0.259 e. The molecule has 1 amide bonds. The maximum atomic E-state index is 13.9. The summed E-state index contributed by atoms with van der Waals surface area (Å²) < 4.78 is 29.4. The minimum Gasteiger partial charge on any atom is -0.351 e. The van der Waals surface area contributed by atoms with Gasteiger partial charge in [0.15, 0.2) is 17.0 Å². The van der Waals surface area contributed by atoms with Gasteiger partial charge in [-0.05, 0) is 19.1 Å². The van der Waals surface area contributed by atoms with Crippen LogP contribution in [0.1, 0.15) is 17.3 Å². The van der Waals surface area contributed by atoms with E-state index in [4.69, 9.17) is 0 Å². The van der Waals surface area contributed by atoms with Gasteiger partial charge in [0, 0.05) is 32.7 Å². The summed E-state index contributed by atoms with van der Waals surface area (Å²) in [4.78, 5) is 24.5. The molecule has 140 valence electrons. The smallest absolute Gasteiger partial charge is 0.259 e. The van der Waals surface area contributed by atoms with Crippen LogP contribution in [-0.2, 0) is 6.54 Å². The lowest BCUT2D eigenvalue weighted by molar-refractivity contribution is 0.0736. The molecule has 2 aromatic heterocycles. The molecule has 0 atom stereocenters. The molecule has 3 heterocycles. The average molecular weight is 373 g/mol. The zero-order valence-electron chi connectivity index (χ0n) is 14.6. The van der Waals surface area contributed by atoms with Gasteiger partial charge in [-0.3, -0.25) is 4.79 Å². The molecule has 1 saturated heterocycles. The van der Waals surface area contributed by atoms with Crippen molar-refractivity contribution < 1.29 is 13.6 Å². The number of halogens is 2. The molecule has 0 bridgehead atoms. The molecule has 0 spiro atoms. The van der Waals surface area contributed by atoms with Crippen molar-refractivity contribution in [3.05, 3.63) is 41.7 Å². The largest absolute Gasteiger partial charge is 0.351 e. The molecule has 1 aliphatic heterocycles. The predicted octanol–water partition coefficient (Wildman–Crippen LogP) is 1.48. The summed E-state index contributed by atoms with van der Waals surface area (Å²) in [6.45, 7) is 4.16. The van der Waals surface area contributed by atoms with Gasteiger partial charge in [-0.15, -0.1) is 5.10 Å². The van der Waals surface area contributed by atoms with Gasteiger partial charge in [-0.2, -0.15) is 0 Å². The van der Waals surface area contributed by atoms with Crippen LogP contribution in [-0.4, -0.2) is 61.9 Å². The Balaban J connectivity index is 1.53. The van der Waals surface area contributed by atoms with Crippen molar-refractivity contribution in [1.29, 1.82) is 0 Å². The number of hydrogen-bond donors (Lipinski definition) is 0. The lowest BCUT2D eigenvalue weighted by atomic mass is 10.1. The Morgan fingerprint density at radius 3 is 2.48 bits per heavy atom. The van der Waals surface area contributed by atoms with E-state index in [1.807, 2.05) is 11.8 Å². The minimum absolute atomic E-state index is 0.319. The zero-order chi connectivity index (χ0) is 19.0. The van der Waals surface area contributed by atoms with Crippen LogP contribution >= 0.6 is 0 Å². The van der Waals surface area contributed by atoms with Gasteiger partial charge < -0.3 is 9.80 Å². The first-order valence-electron chi connectivity index (χ1n) is 8.62. The van der Waals surface area contributed by atoms with Crippen molar-refractivity contribution >= 4 is 22.9 Å². The molecule has 1 aliphatic rings. The fourth-order valence-corrected chi connectivity index (χ4v) is 3.21. The Labute approximate surface area is 153 Å². The van der Waals surface area contributed by atoms with Crippen LogP contribution in [0, 0.1) is 11.6 Å². The highest BCUT2D eigenvalue weighted by Crippen LogP contribution is 2.23. The van der Waals surface area contributed by atoms with Gasteiger partial charge in [0.25, 0.3) is 5.91 Å². The fourth-order valence-electron chi connectivity index (χ4n) is 3.21. The van der Waals surface area contributed by atoms with E-state index in [9.17, 15) is 13.6 Å². The van der Waals surface area contributed by atoms with Crippen molar-refractivity contribution in [3.63, 3.8) is 0 Å². The SMILES string of the molecule is CCn1nnc2c(N3CCN(C(=O)c4c(F)cccc4F)CC3)ncnc21. The van der Waals surface area contributed by atoms with Crippen LogP contribution in [0.2, 0.25) is 0 Å². The Morgan fingerprint density at radius 2 is 1.81 bits per heavy atom. The lowest BCUT2D eigenvalue weighted by Crippen LogP contribution is -2.49. The lowest BCUT2D eigenvalue weighted by Gasteiger charge is -2.35. The second-order valence-electron chi connectivity index (χ2n) is 6.15. The number of nitrogens with zero attached hydrogens (tertiary/aromatic N) is 7. The fraction of sp³-hybridized carbons (Fsp3) is 0.353. The molecule has 27 heavy (non-hydrogen) atoms. The third kappa shape index (κ3) is 2.96. The Kier molecular flexibility index (Phi) is 4.38. The number of rotatable bonds is 3. The molecular weight excluding hydrogens is 356 g/mol. The second kappa shape index (κ2) is 6.86. The number of aromatic nitrogens is 5. The normalized spacial score (nSPS) is 14.8. The summed E-state index contributed by atoms with van der Waals surface area (Å²) >= 11 is 0. The molecule has 1 aromatic carbocycles. The standard InChI is InChI=1S/C17H17F2N7O/c1-2-26-16-14(22-23-26)15(20-10-21-16)24-6-8-25(9-7-24)17(27)13-11(18)4-3-5-12(13)19/h3-5,10H,2,6-9H2,1H3. The van der Waals surface area contributed by atoms with E-state index >= 15 is 0 Å². The maximum absolute atomic E-state index is 13.9. The van der Waals surface area contributed by atoms with Crippen LogP contribution in [0.4, 0.5) is 14.6 Å². The first-order chi connectivity index (χ1) is 13.1. The van der Waals surface area contributed by atoms with E-state index in [0.717, 1.165) is 12.1 Å². The highest BCUT2D eigenvalue weighted by molar-refractivity contribution is 5.95. The van der Waals surface area contributed by atoms with Crippen LogP contribution < -0.4 is 4.90 Å². The molecule has 0 N–H and O–H groups in total. The summed E-state index contributed by atoms with van der Waals surface area (Å²) in [7, 11) is 0. The van der Waals surface area contributed by atoms with Gasteiger partial charge in [-0.1, -0.05) is 11.3 Å². The summed E-state index contributed by atoms with van der Waals surface area (Å²) in [5.41, 5.74) is 0.731. The van der Waals surface area contributed by atoms with Crippen LogP contribution in [0.5, 0.6) is 0 Å². The van der Waals surface area contributed by atoms with Crippen molar-refractivity contribution in [2.75, 3.05) is 31.1 Å². The number of fused-ring (bicyclic) bond motifs is 1. The van der Waals surface area contributed by atoms with Gasteiger partial charge in [0.05, 0.1) is 0 Å². The van der Waals surface area contributed by atoms with Gasteiger partial charge >= 0.3 is 0 Å². The number of piperazine rings is 1. The number of benzene rings is 1. The van der Waals surface area contributed by atoms with Crippen molar-refractivity contribution in [1.82, 2.24) is 29.9 Å². The van der Waals surface area contributed by atoms with Crippen LogP contribution in [0.3, 0.4) is 0 Å². The summed E-state index contributed by atoms with van der Waals surface area (Å²) in [6.07, 6.45) is 1.46. The first-order valence-corrected chi connectivity index (χ1v) is 8.62. The van der Waals surface area contributed by atoms with Crippen LogP contribution in [0.15, 0.2) is 24.5 Å². The van der Waals surface area contributed by atoms with Gasteiger partial charge in [0.1, 0.15) is 23.5 Å². The van der Waals surface area contributed by atoms with E-state index in [-0.39, 0.29) is 0 Å². The number of amides is 1. The number of anilines is 1. The van der Waals surface area contributed by atoms with Crippen LogP contribution in [0.25, 0.3) is 11.2 Å². The van der Waals surface area contributed by atoms with E-state index in [1.165, 1.54) is 17.3 Å². The van der Waals surface area contributed by atoms with Gasteiger partial charge in [0.2, 0.25) is 0 Å². The minimum atomic E-state index is -0.851. The Bertz CT molecular complexity index is 978. The molecule has 3 aromatic rings. The molecule has 0 aliphatic carbocycles. The van der Waals surface area contributed by atoms with E-state index in [2.05, 4.69) is 20.3 Å². The molecule has 0 saturated carbocycles.